The molecular formula is C26H22FN3O5. The highest BCUT2D eigenvalue weighted by atomic mass is 19.1. The average molecular weight is 475 g/mol. The number of amides is 1. The van der Waals surface area contributed by atoms with E-state index in [1.54, 1.807) is 26.0 Å². The first-order valence-electron chi connectivity index (χ1n) is 11.4. The van der Waals surface area contributed by atoms with Crippen LogP contribution in [0, 0.1) is 12.7 Å². The molecule has 0 unspecified atom stereocenters. The van der Waals surface area contributed by atoms with Crippen LogP contribution in [0.5, 0.6) is 0 Å². The fraction of sp³-hybridized carbons (Fsp3) is 0.308. The summed E-state index contributed by atoms with van der Waals surface area (Å²) >= 11 is 0. The van der Waals surface area contributed by atoms with E-state index < -0.39 is 23.4 Å². The van der Waals surface area contributed by atoms with Crippen molar-refractivity contribution in [2.75, 3.05) is 0 Å². The first-order chi connectivity index (χ1) is 16.7. The van der Waals surface area contributed by atoms with E-state index in [9.17, 15) is 23.9 Å². The van der Waals surface area contributed by atoms with Crippen LogP contribution in [0.2, 0.25) is 0 Å². The summed E-state index contributed by atoms with van der Waals surface area (Å²) in [6, 6.07) is 2.50. The van der Waals surface area contributed by atoms with Crippen molar-refractivity contribution < 1.29 is 23.8 Å². The van der Waals surface area contributed by atoms with E-state index in [-0.39, 0.29) is 42.2 Å². The predicted molar refractivity (Wildman–Crippen MR) is 125 cm³/mol. The SMILES string of the molecule is CC[C@@]1(O)C(=O)OCc2c1cc1n(c2=O)Cc2c-1nc1cc(F)c(C)c3c1c2[C@@H](NC(C)=O)C=C3. The average Bonchev–Trinajstić information content (AvgIpc) is 3.19. The molecule has 178 valence electrons. The van der Waals surface area contributed by atoms with E-state index in [0.29, 0.717) is 28.0 Å². The number of benzene rings is 1. The second-order valence-corrected chi connectivity index (χ2v) is 9.28. The topological polar surface area (TPSA) is 111 Å². The molecule has 1 amide bonds. The minimum absolute atomic E-state index is 0.0359. The van der Waals surface area contributed by atoms with E-state index in [0.717, 1.165) is 16.5 Å². The Hall–Kier alpha value is -3.85. The molecule has 0 saturated heterocycles. The Morgan fingerprint density at radius 1 is 1.34 bits per heavy atom. The number of esters is 1. The number of carbonyl (C=O) groups excluding carboxylic acids is 2. The molecular weight excluding hydrogens is 453 g/mol. The van der Waals surface area contributed by atoms with Crippen LogP contribution >= 0.6 is 0 Å². The third kappa shape index (κ3) is 2.75. The van der Waals surface area contributed by atoms with E-state index >= 15 is 0 Å². The van der Waals surface area contributed by atoms with Gasteiger partial charge in [0.15, 0.2) is 5.60 Å². The molecule has 2 N–H and O–H groups in total. The minimum Gasteiger partial charge on any atom is -0.458 e. The van der Waals surface area contributed by atoms with Gasteiger partial charge >= 0.3 is 5.97 Å². The Morgan fingerprint density at radius 3 is 2.83 bits per heavy atom. The predicted octanol–water partition coefficient (Wildman–Crippen LogP) is 2.73. The number of nitrogens with one attached hydrogen (secondary N) is 1. The zero-order valence-corrected chi connectivity index (χ0v) is 19.4. The molecule has 1 aliphatic carbocycles. The number of aromatic nitrogens is 2. The molecule has 0 radical (unpaired) electrons. The highest BCUT2D eigenvalue weighted by molar-refractivity contribution is 5.98. The van der Waals surface area contributed by atoms with Crippen molar-refractivity contribution in [3.05, 3.63) is 67.8 Å². The van der Waals surface area contributed by atoms with Gasteiger partial charge in [-0.1, -0.05) is 19.1 Å². The number of nitrogens with zero attached hydrogens (tertiary/aromatic N) is 2. The molecule has 0 spiro atoms. The number of cyclic esters (lactones) is 1. The molecule has 4 heterocycles. The third-order valence-electron chi connectivity index (χ3n) is 7.39. The lowest BCUT2D eigenvalue weighted by Gasteiger charge is -2.31. The van der Waals surface area contributed by atoms with Crippen LogP contribution in [0.4, 0.5) is 4.39 Å². The van der Waals surface area contributed by atoms with Gasteiger partial charge in [-0.3, -0.25) is 9.59 Å². The van der Waals surface area contributed by atoms with Crippen molar-refractivity contribution in [2.24, 2.45) is 0 Å². The van der Waals surface area contributed by atoms with E-state index in [1.807, 2.05) is 6.08 Å². The van der Waals surface area contributed by atoms with E-state index in [1.165, 1.54) is 17.6 Å². The van der Waals surface area contributed by atoms with Gasteiger partial charge in [0.1, 0.15) is 12.4 Å². The maximum Gasteiger partial charge on any atom is 0.343 e. The summed E-state index contributed by atoms with van der Waals surface area (Å²) in [6.07, 6.45) is 3.64. The van der Waals surface area contributed by atoms with Crippen molar-refractivity contribution in [3.63, 3.8) is 0 Å². The Kier molecular flexibility index (Phi) is 4.38. The number of aliphatic hydroxyl groups is 1. The Morgan fingerprint density at radius 2 is 2.11 bits per heavy atom. The summed E-state index contributed by atoms with van der Waals surface area (Å²) < 4.78 is 21.5. The Labute approximate surface area is 199 Å². The van der Waals surface area contributed by atoms with Crippen molar-refractivity contribution in [1.29, 1.82) is 0 Å². The Bertz CT molecular complexity index is 1610. The number of halogens is 1. The highest BCUT2D eigenvalue weighted by Gasteiger charge is 2.45. The van der Waals surface area contributed by atoms with Gasteiger partial charge in [-0.2, -0.15) is 0 Å². The first kappa shape index (κ1) is 21.7. The van der Waals surface area contributed by atoms with Gasteiger partial charge in [0, 0.05) is 29.5 Å². The van der Waals surface area contributed by atoms with E-state index in [4.69, 9.17) is 9.72 Å². The van der Waals surface area contributed by atoms with Crippen molar-refractivity contribution in [1.82, 2.24) is 14.9 Å². The van der Waals surface area contributed by atoms with Gasteiger partial charge in [-0.05, 0) is 36.1 Å². The van der Waals surface area contributed by atoms with Crippen LogP contribution in [0.15, 0.2) is 23.0 Å². The number of carbonyl (C=O) groups is 2. The molecule has 9 heteroatoms. The van der Waals surface area contributed by atoms with Gasteiger partial charge in [0.2, 0.25) is 5.91 Å². The number of hydrogen-bond acceptors (Lipinski definition) is 6. The maximum absolute atomic E-state index is 14.8. The largest absolute Gasteiger partial charge is 0.458 e. The molecule has 2 aliphatic heterocycles. The molecule has 8 nitrogen and oxygen atoms in total. The number of rotatable bonds is 2. The summed E-state index contributed by atoms with van der Waals surface area (Å²) in [6.45, 7) is 4.73. The molecule has 0 bridgehead atoms. The van der Waals surface area contributed by atoms with Crippen LogP contribution in [0.25, 0.3) is 28.4 Å². The fourth-order valence-electron chi connectivity index (χ4n) is 5.55. The second-order valence-electron chi connectivity index (χ2n) is 9.28. The molecule has 3 aromatic rings. The van der Waals surface area contributed by atoms with Gasteiger partial charge < -0.3 is 19.7 Å². The van der Waals surface area contributed by atoms with Gasteiger partial charge in [0.25, 0.3) is 5.56 Å². The number of hydrogen-bond donors (Lipinski definition) is 2. The third-order valence-corrected chi connectivity index (χ3v) is 7.39. The van der Waals surface area contributed by atoms with Crippen LogP contribution in [0.1, 0.15) is 59.7 Å². The summed E-state index contributed by atoms with van der Waals surface area (Å²) in [5.74, 6) is -1.43. The smallest absolute Gasteiger partial charge is 0.343 e. The molecule has 6 rings (SSSR count). The zero-order valence-electron chi connectivity index (χ0n) is 19.4. The summed E-state index contributed by atoms with van der Waals surface area (Å²) in [5, 5.41) is 14.7. The van der Waals surface area contributed by atoms with Crippen molar-refractivity contribution >= 4 is 28.9 Å². The van der Waals surface area contributed by atoms with Gasteiger partial charge in [-0.25, -0.2) is 14.2 Å². The fourth-order valence-corrected chi connectivity index (χ4v) is 5.55. The van der Waals surface area contributed by atoms with E-state index in [2.05, 4.69) is 5.32 Å². The molecule has 3 aliphatic rings. The molecule has 1 aromatic carbocycles. The van der Waals surface area contributed by atoms with Crippen molar-refractivity contribution in [3.8, 4) is 11.4 Å². The van der Waals surface area contributed by atoms with Gasteiger partial charge in [-0.15, -0.1) is 0 Å². The number of pyridine rings is 2. The lowest BCUT2D eigenvalue weighted by atomic mass is 9.85. The van der Waals surface area contributed by atoms with Crippen LogP contribution in [-0.4, -0.2) is 26.5 Å². The quantitative estimate of drug-likeness (QED) is 0.432. The number of fused-ring (bicyclic) bond motifs is 5. The summed E-state index contributed by atoms with van der Waals surface area (Å²) in [5.41, 5.74) is 2.09. The minimum atomic E-state index is -1.94. The van der Waals surface area contributed by atoms with Crippen LogP contribution < -0.4 is 10.9 Å². The monoisotopic (exact) mass is 475 g/mol. The molecule has 35 heavy (non-hydrogen) atoms. The zero-order chi connectivity index (χ0) is 24.8. The van der Waals surface area contributed by atoms with Crippen LogP contribution in [0.3, 0.4) is 0 Å². The second kappa shape index (κ2) is 7.08. The Balaban J connectivity index is 1.69. The van der Waals surface area contributed by atoms with Gasteiger partial charge in [0.05, 0.1) is 35.1 Å². The van der Waals surface area contributed by atoms with Crippen LogP contribution in [-0.2, 0) is 33.1 Å². The first-order valence-corrected chi connectivity index (χ1v) is 11.4. The standard InChI is InChI=1S/C26H22FN3O5/c1-4-26(34)16-7-20-23-14(9-30(20)24(32)15(16)10-35-25(26)33)22-18(28-12(3)31)6-5-13-11(2)17(27)8-19(29-23)21(13)22/h5-8,18,34H,4,9-10H2,1-3H3,(H,28,31)/t18-,26-/m0/s1. The normalized spacial score (nSPS) is 21.4. The van der Waals surface area contributed by atoms with Crippen molar-refractivity contribution in [2.45, 2.75) is 52.0 Å². The summed E-state index contributed by atoms with van der Waals surface area (Å²) in [7, 11) is 0. The summed E-state index contributed by atoms with van der Waals surface area (Å²) in [4.78, 5) is 42.7. The number of ether oxygens (including phenoxy) is 1. The molecule has 2 aromatic heterocycles. The maximum atomic E-state index is 14.8. The molecule has 2 atom stereocenters. The highest BCUT2D eigenvalue weighted by Crippen LogP contribution is 2.45. The lowest BCUT2D eigenvalue weighted by Crippen LogP contribution is -2.44. The molecule has 0 saturated carbocycles. The molecule has 0 fully saturated rings. The lowest BCUT2D eigenvalue weighted by molar-refractivity contribution is -0.172.